The molecule has 0 amide bonds. The first-order chi connectivity index (χ1) is 10.0. The second kappa shape index (κ2) is 9.18. The normalized spacial score (nSPS) is 11.3. The zero-order valence-electron chi connectivity index (χ0n) is 13.8. The van der Waals surface area contributed by atoms with Gasteiger partial charge in [0, 0.05) is 5.69 Å². The Kier molecular flexibility index (Phi) is 7.53. The molecule has 3 nitrogen and oxygen atoms in total. The summed E-state index contributed by atoms with van der Waals surface area (Å²) >= 11 is 0. The molecule has 0 aromatic carbocycles. The average molecular weight is 285 g/mol. The first-order valence-electron chi connectivity index (χ1n) is 7.72. The molecule has 0 fully saturated rings. The molecule has 0 aliphatic carbocycles. The van der Waals surface area contributed by atoms with Crippen LogP contribution in [0.25, 0.3) is 0 Å². The Bertz CT molecular complexity index is 537. The van der Waals surface area contributed by atoms with Crippen molar-refractivity contribution in [3.8, 4) is 6.07 Å². The fraction of sp³-hybridized carbons (Fsp3) is 0.556. The zero-order valence-corrected chi connectivity index (χ0v) is 13.8. The van der Waals surface area contributed by atoms with Gasteiger partial charge in [0.1, 0.15) is 0 Å². The van der Waals surface area contributed by atoms with Gasteiger partial charge in [-0.2, -0.15) is 10.4 Å². The summed E-state index contributed by atoms with van der Waals surface area (Å²) in [5.41, 5.74) is 5.11. The van der Waals surface area contributed by atoms with Crippen LogP contribution in [-0.4, -0.2) is 9.78 Å². The Labute approximate surface area is 129 Å². The van der Waals surface area contributed by atoms with Crippen LogP contribution in [0.5, 0.6) is 0 Å². The Hall–Kier alpha value is -1.82. The number of hydrogen-bond donors (Lipinski definition) is 0. The van der Waals surface area contributed by atoms with Crippen LogP contribution in [0.2, 0.25) is 0 Å². The van der Waals surface area contributed by atoms with Crippen molar-refractivity contribution in [2.75, 3.05) is 0 Å². The fourth-order valence-corrected chi connectivity index (χ4v) is 2.24. The molecule has 0 saturated heterocycles. The van der Waals surface area contributed by atoms with Crippen LogP contribution < -0.4 is 0 Å². The van der Waals surface area contributed by atoms with Gasteiger partial charge in [-0.3, -0.25) is 4.68 Å². The monoisotopic (exact) mass is 285 g/mol. The van der Waals surface area contributed by atoms with Crippen LogP contribution >= 0.6 is 0 Å². The molecule has 3 heteroatoms. The molecular formula is C18H27N3. The zero-order chi connectivity index (χ0) is 15.7. The molecule has 1 aromatic rings. The van der Waals surface area contributed by atoms with Gasteiger partial charge >= 0.3 is 0 Å². The summed E-state index contributed by atoms with van der Waals surface area (Å²) in [6.07, 6.45) is 9.41. The lowest BCUT2D eigenvalue weighted by Gasteiger charge is -2.00. The molecule has 1 aromatic heterocycles. The summed E-state index contributed by atoms with van der Waals surface area (Å²) in [7, 11) is 0. The van der Waals surface area contributed by atoms with Gasteiger partial charge in [0.15, 0.2) is 0 Å². The van der Waals surface area contributed by atoms with Crippen molar-refractivity contribution in [1.29, 1.82) is 5.26 Å². The Morgan fingerprint density at radius 1 is 1.29 bits per heavy atom. The molecule has 0 saturated carbocycles. The molecule has 0 radical (unpaired) electrons. The van der Waals surface area contributed by atoms with E-state index in [0.29, 0.717) is 13.0 Å². The topological polar surface area (TPSA) is 41.6 Å². The number of aromatic nitrogens is 2. The van der Waals surface area contributed by atoms with E-state index in [1.807, 2.05) is 11.6 Å². The van der Waals surface area contributed by atoms with Gasteiger partial charge in [-0.25, -0.2) is 0 Å². The lowest BCUT2D eigenvalue weighted by molar-refractivity contribution is 0.601. The number of rotatable bonds is 8. The highest BCUT2D eigenvalue weighted by molar-refractivity contribution is 5.11. The second-order valence-electron chi connectivity index (χ2n) is 5.82. The first kappa shape index (κ1) is 17.2. The van der Waals surface area contributed by atoms with E-state index in [4.69, 9.17) is 5.26 Å². The van der Waals surface area contributed by atoms with Gasteiger partial charge in [0.05, 0.1) is 24.7 Å². The maximum Gasteiger partial charge on any atom is 0.0641 e. The summed E-state index contributed by atoms with van der Waals surface area (Å²) < 4.78 is 1.93. The molecule has 0 aliphatic rings. The van der Waals surface area contributed by atoms with Crippen molar-refractivity contribution in [2.45, 2.75) is 66.3 Å². The smallest absolute Gasteiger partial charge is 0.0641 e. The Morgan fingerprint density at radius 2 is 2.05 bits per heavy atom. The second-order valence-corrected chi connectivity index (χ2v) is 5.82. The fourth-order valence-electron chi connectivity index (χ4n) is 2.24. The number of nitrogens with zero attached hydrogens (tertiary/aromatic N) is 3. The molecule has 1 heterocycles. The number of allylic oxidation sites excluding steroid dienone is 4. The van der Waals surface area contributed by atoms with Crippen molar-refractivity contribution in [3.63, 3.8) is 0 Å². The van der Waals surface area contributed by atoms with Gasteiger partial charge in [-0.15, -0.1) is 0 Å². The minimum absolute atomic E-state index is 0.519. The quantitative estimate of drug-likeness (QED) is 0.648. The molecule has 21 heavy (non-hydrogen) atoms. The number of aryl methyl sites for hydroxylation is 3. The molecule has 0 bridgehead atoms. The van der Waals surface area contributed by atoms with Crippen molar-refractivity contribution in [1.82, 2.24) is 9.78 Å². The molecule has 0 N–H and O–H groups in total. The molecule has 114 valence electrons. The van der Waals surface area contributed by atoms with E-state index < -0.39 is 0 Å². The summed E-state index contributed by atoms with van der Waals surface area (Å²) in [5.74, 6) is 0. The highest BCUT2D eigenvalue weighted by Crippen LogP contribution is 2.11. The van der Waals surface area contributed by atoms with Gasteiger partial charge in [0.25, 0.3) is 0 Å². The van der Waals surface area contributed by atoms with E-state index in [1.165, 1.54) is 11.1 Å². The first-order valence-corrected chi connectivity index (χ1v) is 7.72. The minimum Gasteiger partial charge on any atom is -0.269 e. The molecule has 0 spiro atoms. The van der Waals surface area contributed by atoms with Gasteiger partial charge in [-0.05, 0) is 59.4 Å². The largest absolute Gasteiger partial charge is 0.269 e. The third-order valence-electron chi connectivity index (χ3n) is 3.45. The SMILES string of the molecule is CC(C)=CCC/C(C)=C/CCc1cc(C)n(CCC#N)n1. The summed E-state index contributed by atoms with van der Waals surface area (Å²) in [4.78, 5) is 0. The lowest BCUT2D eigenvalue weighted by atomic mass is 10.1. The number of hydrogen-bond acceptors (Lipinski definition) is 2. The van der Waals surface area contributed by atoms with Crippen molar-refractivity contribution in [3.05, 3.63) is 40.8 Å². The van der Waals surface area contributed by atoms with Crippen LogP contribution in [0.4, 0.5) is 0 Å². The van der Waals surface area contributed by atoms with Crippen molar-refractivity contribution < 1.29 is 0 Å². The van der Waals surface area contributed by atoms with E-state index in [0.717, 1.165) is 37.1 Å². The van der Waals surface area contributed by atoms with Gasteiger partial charge in [0.2, 0.25) is 0 Å². The van der Waals surface area contributed by atoms with Crippen LogP contribution in [0.3, 0.4) is 0 Å². The standard InChI is InChI=1S/C18H27N3/c1-15(2)8-5-9-16(3)10-6-11-18-14-17(4)21(20-18)13-7-12-19/h8,10,14H,5-7,9,11,13H2,1-4H3/b16-10+. The van der Waals surface area contributed by atoms with Gasteiger partial charge in [-0.1, -0.05) is 23.3 Å². The maximum atomic E-state index is 8.63. The van der Waals surface area contributed by atoms with E-state index >= 15 is 0 Å². The highest BCUT2D eigenvalue weighted by Gasteiger charge is 2.03. The van der Waals surface area contributed by atoms with E-state index in [1.54, 1.807) is 0 Å². The van der Waals surface area contributed by atoms with Crippen molar-refractivity contribution >= 4 is 0 Å². The van der Waals surface area contributed by atoms with Crippen LogP contribution in [0.15, 0.2) is 29.4 Å². The molecular weight excluding hydrogens is 258 g/mol. The summed E-state index contributed by atoms with van der Waals surface area (Å²) in [6, 6.07) is 4.29. The average Bonchev–Trinajstić information content (AvgIpc) is 2.76. The third-order valence-corrected chi connectivity index (χ3v) is 3.45. The predicted molar refractivity (Wildman–Crippen MR) is 87.9 cm³/mol. The van der Waals surface area contributed by atoms with E-state index in [9.17, 15) is 0 Å². The van der Waals surface area contributed by atoms with Crippen LogP contribution in [-0.2, 0) is 13.0 Å². The summed E-state index contributed by atoms with van der Waals surface area (Å²) in [6.45, 7) is 9.23. The maximum absolute atomic E-state index is 8.63. The van der Waals surface area contributed by atoms with E-state index in [2.05, 4.69) is 50.2 Å². The van der Waals surface area contributed by atoms with E-state index in [-0.39, 0.29) is 0 Å². The number of nitriles is 1. The molecule has 0 atom stereocenters. The summed E-state index contributed by atoms with van der Waals surface area (Å²) in [5, 5.41) is 13.2. The molecule has 1 rings (SSSR count). The highest BCUT2D eigenvalue weighted by atomic mass is 15.3. The Balaban J connectivity index is 2.41. The third kappa shape index (κ3) is 6.94. The van der Waals surface area contributed by atoms with Gasteiger partial charge < -0.3 is 0 Å². The Morgan fingerprint density at radius 3 is 2.71 bits per heavy atom. The van der Waals surface area contributed by atoms with Crippen molar-refractivity contribution in [2.24, 2.45) is 0 Å². The molecule has 0 unspecified atom stereocenters. The van der Waals surface area contributed by atoms with Crippen LogP contribution in [0, 0.1) is 18.3 Å². The lowest BCUT2D eigenvalue weighted by Crippen LogP contribution is -2.02. The van der Waals surface area contributed by atoms with Crippen LogP contribution in [0.1, 0.15) is 57.8 Å². The molecule has 0 aliphatic heterocycles. The predicted octanol–water partition coefficient (Wildman–Crippen LogP) is 4.73. The minimum atomic E-state index is 0.519.